The van der Waals surface area contributed by atoms with Gasteiger partial charge in [-0.25, -0.2) is 0 Å². The molecule has 0 aliphatic carbocycles. The van der Waals surface area contributed by atoms with Crippen LogP contribution in [0.5, 0.6) is 17.2 Å². The minimum absolute atomic E-state index is 0.0272. The molecule has 6 nitrogen and oxygen atoms in total. The van der Waals surface area contributed by atoms with Gasteiger partial charge in [0, 0.05) is 29.6 Å². The SMILES string of the molecule is O=C(CCc1c[nH]c2ccccc12)NCC1COc2ccc(O)cc2O1. The molecule has 0 saturated heterocycles. The Labute approximate surface area is 150 Å². The fraction of sp³-hybridized carbons (Fsp3) is 0.250. The number of nitrogens with one attached hydrogen (secondary N) is 2. The maximum absolute atomic E-state index is 12.2. The van der Waals surface area contributed by atoms with Gasteiger partial charge in [0.05, 0.1) is 6.54 Å². The van der Waals surface area contributed by atoms with E-state index in [0.29, 0.717) is 37.5 Å². The van der Waals surface area contributed by atoms with Gasteiger partial charge in [-0.05, 0) is 30.2 Å². The normalized spacial score (nSPS) is 15.8. The highest BCUT2D eigenvalue weighted by atomic mass is 16.6. The van der Waals surface area contributed by atoms with Crippen molar-refractivity contribution in [2.75, 3.05) is 13.2 Å². The Morgan fingerprint density at radius 2 is 2.12 bits per heavy atom. The number of carbonyl (C=O) groups is 1. The van der Waals surface area contributed by atoms with Crippen molar-refractivity contribution < 1.29 is 19.4 Å². The van der Waals surface area contributed by atoms with Crippen LogP contribution < -0.4 is 14.8 Å². The third-order valence-electron chi connectivity index (χ3n) is 4.47. The number of aromatic amines is 1. The highest BCUT2D eigenvalue weighted by Gasteiger charge is 2.21. The van der Waals surface area contributed by atoms with Crippen molar-refractivity contribution in [1.82, 2.24) is 10.3 Å². The summed E-state index contributed by atoms with van der Waals surface area (Å²) in [5.74, 6) is 1.19. The predicted octanol–water partition coefficient (Wildman–Crippen LogP) is 2.76. The molecule has 0 bridgehead atoms. The molecule has 1 aliphatic rings. The lowest BCUT2D eigenvalue weighted by Gasteiger charge is -2.26. The largest absolute Gasteiger partial charge is 0.508 e. The second-order valence-electron chi connectivity index (χ2n) is 6.35. The lowest BCUT2D eigenvalue weighted by molar-refractivity contribution is -0.121. The number of para-hydroxylation sites is 1. The first-order valence-corrected chi connectivity index (χ1v) is 8.63. The molecule has 4 rings (SSSR count). The van der Waals surface area contributed by atoms with Crippen LogP contribution in [-0.4, -0.2) is 35.3 Å². The van der Waals surface area contributed by atoms with Crippen molar-refractivity contribution in [2.45, 2.75) is 18.9 Å². The average molecular weight is 352 g/mol. The molecule has 0 saturated carbocycles. The van der Waals surface area contributed by atoms with Gasteiger partial charge in [-0.1, -0.05) is 18.2 Å². The smallest absolute Gasteiger partial charge is 0.220 e. The minimum atomic E-state index is -0.277. The van der Waals surface area contributed by atoms with E-state index in [1.807, 2.05) is 24.4 Å². The molecule has 1 aliphatic heterocycles. The monoisotopic (exact) mass is 352 g/mol. The lowest BCUT2D eigenvalue weighted by atomic mass is 10.1. The number of hydrogen-bond donors (Lipinski definition) is 3. The Balaban J connectivity index is 1.28. The minimum Gasteiger partial charge on any atom is -0.508 e. The van der Waals surface area contributed by atoms with E-state index < -0.39 is 0 Å². The molecule has 1 amide bonds. The van der Waals surface area contributed by atoms with Gasteiger partial charge in [0.25, 0.3) is 0 Å². The van der Waals surface area contributed by atoms with E-state index in [2.05, 4.69) is 16.4 Å². The number of rotatable bonds is 5. The quantitative estimate of drug-likeness (QED) is 0.659. The summed E-state index contributed by atoms with van der Waals surface area (Å²) in [5, 5.41) is 13.6. The average Bonchev–Trinajstić information content (AvgIpc) is 3.07. The van der Waals surface area contributed by atoms with Gasteiger partial charge >= 0.3 is 0 Å². The number of amides is 1. The molecule has 1 atom stereocenters. The van der Waals surface area contributed by atoms with Crippen molar-refractivity contribution in [2.24, 2.45) is 0 Å². The van der Waals surface area contributed by atoms with Gasteiger partial charge in [-0.3, -0.25) is 4.79 Å². The fourth-order valence-electron chi connectivity index (χ4n) is 3.11. The fourth-order valence-corrected chi connectivity index (χ4v) is 3.11. The first kappa shape index (κ1) is 16.3. The van der Waals surface area contributed by atoms with Crippen molar-refractivity contribution in [1.29, 1.82) is 0 Å². The Bertz CT molecular complexity index is 934. The van der Waals surface area contributed by atoms with Gasteiger partial charge in [0.15, 0.2) is 11.5 Å². The second kappa shape index (κ2) is 7.00. The van der Waals surface area contributed by atoms with Gasteiger partial charge in [-0.2, -0.15) is 0 Å². The van der Waals surface area contributed by atoms with Crippen molar-refractivity contribution in [3.05, 3.63) is 54.2 Å². The van der Waals surface area contributed by atoms with Crippen LogP contribution in [0.2, 0.25) is 0 Å². The van der Waals surface area contributed by atoms with Crippen LogP contribution in [0.4, 0.5) is 0 Å². The van der Waals surface area contributed by atoms with Crippen molar-refractivity contribution >= 4 is 16.8 Å². The molecule has 6 heteroatoms. The highest BCUT2D eigenvalue weighted by molar-refractivity contribution is 5.84. The van der Waals surface area contributed by atoms with Crippen LogP contribution in [0.1, 0.15) is 12.0 Å². The molecule has 3 N–H and O–H groups in total. The summed E-state index contributed by atoms with van der Waals surface area (Å²) in [4.78, 5) is 15.4. The molecule has 0 fully saturated rings. The number of phenols is 1. The number of aryl methyl sites for hydroxylation is 1. The van der Waals surface area contributed by atoms with Gasteiger partial charge in [0.2, 0.25) is 5.91 Å². The molecule has 1 unspecified atom stereocenters. The number of aromatic hydroxyl groups is 1. The molecule has 0 radical (unpaired) electrons. The van der Waals surface area contributed by atoms with E-state index in [4.69, 9.17) is 9.47 Å². The number of aromatic nitrogens is 1. The Morgan fingerprint density at radius 1 is 1.23 bits per heavy atom. The highest BCUT2D eigenvalue weighted by Crippen LogP contribution is 2.34. The molecule has 2 heterocycles. The van der Waals surface area contributed by atoms with E-state index in [1.165, 1.54) is 6.07 Å². The number of H-pyrrole nitrogens is 1. The Morgan fingerprint density at radius 3 is 3.04 bits per heavy atom. The Hall–Kier alpha value is -3.15. The first-order valence-electron chi connectivity index (χ1n) is 8.63. The summed E-state index contributed by atoms with van der Waals surface area (Å²) in [6, 6.07) is 12.8. The molecule has 3 aromatic rings. The number of carbonyl (C=O) groups excluding carboxylic acids is 1. The molecule has 1 aromatic heterocycles. The number of benzene rings is 2. The van der Waals surface area contributed by atoms with E-state index in [-0.39, 0.29) is 17.8 Å². The standard InChI is InChI=1S/C20H20N2O4/c23-14-6-7-18-19(9-14)26-15(12-25-18)11-22-20(24)8-5-13-10-21-17-4-2-1-3-16(13)17/h1-4,6-7,9-10,15,21,23H,5,8,11-12H2,(H,22,24). The van der Waals surface area contributed by atoms with Crippen molar-refractivity contribution in [3.63, 3.8) is 0 Å². The zero-order valence-electron chi connectivity index (χ0n) is 14.2. The van der Waals surface area contributed by atoms with E-state index >= 15 is 0 Å². The number of phenolic OH excluding ortho intramolecular Hbond substituents is 1. The van der Waals surface area contributed by atoms with E-state index in [9.17, 15) is 9.90 Å². The second-order valence-corrected chi connectivity index (χ2v) is 6.35. The predicted molar refractivity (Wildman–Crippen MR) is 97.6 cm³/mol. The van der Waals surface area contributed by atoms with Crippen LogP contribution in [0, 0.1) is 0 Å². The van der Waals surface area contributed by atoms with E-state index in [0.717, 1.165) is 16.5 Å². The van der Waals surface area contributed by atoms with Crippen molar-refractivity contribution in [3.8, 4) is 17.2 Å². The molecule has 2 aromatic carbocycles. The number of fused-ring (bicyclic) bond motifs is 2. The topological polar surface area (TPSA) is 83.6 Å². The van der Waals surface area contributed by atoms with Gasteiger partial charge < -0.3 is 24.9 Å². The third-order valence-corrected chi connectivity index (χ3v) is 4.47. The van der Waals surface area contributed by atoms with Crippen LogP contribution in [0.15, 0.2) is 48.7 Å². The van der Waals surface area contributed by atoms with Gasteiger partial charge in [-0.15, -0.1) is 0 Å². The van der Waals surface area contributed by atoms with Crippen LogP contribution in [-0.2, 0) is 11.2 Å². The number of ether oxygens (including phenoxy) is 2. The maximum atomic E-state index is 12.2. The van der Waals surface area contributed by atoms with E-state index in [1.54, 1.807) is 12.1 Å². The summed E-state index contributed by atoms with van der Waals surface area (Å²) in [6.45, 7) is 0.725. The lowest BCUT2D eigenvalue weighted by Crippen LogP contribution is -2.40. The van der Waals surface area contributed by atoms with Crippen LogP contribution in [0.25, 0.3) is 10.9 Å². The summed E-state index contributed by atoms with van der Waals surface area (Å²) in [7, 11) is 0. The molecular formula is C20H20N2O4. The molecular weight excluding hydrogens is 332 g/mol. The molecule has 134 valence electrons. The van der Waals surface area contributed by atoms with Crippen LogP contribution in [0.3, 0.4) is 0 Å². The summed E-state index contributed by atoms with van der Waals surface area (Å²) < 4.78 is 11.4. The Kier molecular flexibility index (Phi) is 4.39. The first-order chi connectivity index (χ1) is 12.7. The molecule has 26 heavy (non-hydrogen) atoms. The molecule has 0 spiro atoms. The summed E-state index contributed by atoms with van der Waals surface area (Å²) in [6.07, 6.45) is 2.77. The zero-order valence-corrected chi connectivity index (χ0v) is 14.2. The maximum Gasteiger partial charge on any atom is 0.220 e. The number of hydrogen-bond acceptors (Lipinski definition) is 4. The zero-order chi connectivity index (χ0) is 17.9. The summed E-state index contributed by atoms with van der Waals surface area (Å²) in [5.41, 5.74) is 2.22. The summed E-state index contributed by atoms with van der Waals surface area (Å²) >= 11 is 0. The third kappa shape index (κ3) is 3.44. The van der Waals surface area contributed by atoms with Crippen LogP contribution >= 0.6 is 0 Å². The van der Waals surface area contributed by atoms with Gasteiger partial charge in [0.1, 0.15) is 18.5 Å².